The van der Waals surface area contributed by atoms with E-state index in [2.05, 4.69) is 0 Å². The number of hydrogen-bond donors (Lipinski definition) is 0. The normalized spacial score (nSPS) is 16.2. The number of rotatable bonds is 2. The Labute approximate surface area is 75.1 Å². The molecular weight excluding hydrogens is 179 g/mol. The Morgan fingerprint density at radius 2 is 2.17 bits per heavy atom. The van der Waals surface area contributed by atoms with Gasteiger partial charge in [-0.2, -0.15) is 0 Å². The maximum atomic E-state index is 12.7. The summed E-state index contributed by atoms with van der Waals surface area (Å²) in [7, 11) is 0. The molecule has 0 N–H and O–H groups in total. The summed E-state index contributed by atoms with van der Waals surface area (Å²) < 4.78 is 18.1. The number of hydrogen-bond acceptors (Lipinski definition) is 1. The van der Waals surface area contributed by atoms with Crippen molar-refractivity contribution in [3.05, 3.63) is 29.0 Å². The third kappa shape index (κ3) is 1.69. The zero-order valence-corrected chi connectivity index (χ0v) is 7.14. The van der Waals surface area contributed by atoms with Crippen LogP contribution in [-0.2, 0) is 0 Å². The molecule has 1 aromatic carbocycles. The van der Waals surface area contributed by atoms with E-state index < -0.39 is 5.82 Å². The Hall–Kier alpha value is -0.760. The van der Waals surface area contributed by atoms with Crippen LogP contribution < -0.4 is 4.74 Å². The number of halogens is 2. The van der Waals surface area contributed by atoms with E-state index in [9.17, 15) is 4.39 Å². The van der Waals surface area contributed by atoms with Crippen LogP contribution in [0.5, 0.6) is 5.75 Å². The molecule has 0 saturated heterocycles. The van der Waals surface area contributed by atoms with Crippen LogP contribution in [0.15, 0.2) is 18.2 Å². The molecule has 1 fully saturated rings. The van der Waals surface area contributed by atoms with E-state index in [0.717, 1.165) is 12.8 Å². The molecule has 0 aromatic heterocycles. The summed E-state index contributed by atoms with van der Waals surface area (Å²) in [6.45, 7) is 0. The third-order valence-corrected chi connectivity index (χ3v) is 2.01. The molecule has 2 rings (SSSR count). The van der Waals surface area contributed by atoms with Crippen molar-refractivity contribution >= 4 is 11.6 Å². The third-order valence-electron chi connectivity index (χ3n) is 1.72. The molecule has 1 saturated carbocycles. The number of ether oxygens (including phenoxy) is 1. The SMILES string of the molecule is Fc1ccc(OC2CC2)cc1Cl. The topological polar surface area (TPSA) is 9.23 Å². The predicted molar refractivity (Wildman–Crippen MR) is 45.1 cm³/mol. The van der Waals surface area contributed by atoms with E-state index >= 15 is 0 Å². The van der Waals surface area contributed by atoms with Gasteiger partial charge in [0.15, 0.2) is 0 Å². The first kappa shape index (κ1) is 7.87. The van der Waals surface area contributed by atoms with Gasteiger partial charge in [0, 0.05) is 6.07 Å². The van der Waals surface area contributed by atoms with Crippen LogP contribution in [0, 0.1) is 5.82 Å². The summed E-state index contributed by atoms with van der Waals surface area (Å²) >= 11 is 5.56. The Kier molecular flexibility index (Phi) is 1.93. The molecule has 1 aliphatic carbocycles. The Bertz CT molecular complexity index is 297. The first-order valence-electron chi connectivity index (χ1n) is 3.87. The van der Waals surface area contributed by atoms with Crippen LogP contribution in [0.4, 0.5) is 4.39 Å². The molecule has 64 valence electrons. The molecule has 0 heterocycles. The Morgan fingerprint density at radius 1 is 1.42 bits per heavy atom. The van der Waals surface area contributed by atoms with Crippen LogP contribution >= 0.6 is 11.6 Å². The fourth-order valence-corrected chi connectivity index (χ4v) is 1.10. The van der Waals surface area contributed by atoms with Gasteiger partial charge in [0.05, 0.1) is 11.1 Å². The molecule has 0 aliphatic heterocycles. The summed E-state index contributed by atoms with van der Waals surface area (Å²) in [5, 5.41) is 0.119. The van der Waals surface area contributed by atoms with Crippen LogP contribution in [0.2, 0.25) is 5.02 Å². The van der Waals surface area contributed by atoms with Gasteiger partial charge < -0.3 is 4.74 Å². The average molecular weight is 187 g/mol. The lowest BCUT2D eigenvalue weighted by molar-refractivity contribution is 0.303. The fourth-order valence-electron chi connectivity index (χ4n) is 0.929. The van der Waals surface area contributed by atoms with Crippen molar-refractivity contribution in [3.63, 3.8) is 0 Å². The minimum Gasteiger partial charge on any atom is -0.490 e. The zero-order valence-electron chi connectivity index (χ0n) is 6.39. The summed E-state index contributed by atoms with van der Waals surface area (Å²) in [6.07, 6.45) is 2.51. The van der Waals surface area contributed by atoms with Crippen LogP contribution in [-0.4, -0.2) is 6.10 Å². The molecule has 0 spiro atoms. The largest absolute Gasteiger partial charge is 0.490 e. The van der Waals surface area contributed by atoms with E-state index in [0.29, 0.717) is 11.9 Å². The van der Waals surface area contributed by atoms with Gasteiger partial charge in [-0.1, -0.05) is 11.6 Å². The lowest BCUT2D eigenvalue weighted by atomic mass is 10.3. The molecule has 0 bridgehead atoms. The first-order chi connectivity index (χ1) is 5.75. The highest BCUT2D eigenvalue weighted by Crippen LogP contribution is 2.28. The van der Waals surface area contributed by atoms with Crippen LogP contribution in [0.25, 0.3) is 0 Å². The van der Waals surface area contributed by atoms with E-state index in [-0.39, 0.29) is 5.02 Å². The molecule has 3 heteroatoms. The van der Waals surface area contributed by atoms with Gasteiger partial charge in [0.2, 0.25) is 0 Å². The van der Waals surface area contributed by atoms with Gasteiger partial charge in [-0.05, 0) is 25.0 Å². The quantitative estimate of drug-likeness (QED) is 0.690. The second-order valence-corrected chi connectivity index (χ2v) is 3.30. The van der Waals surface area contributed by atoms with Crippen molar-refractivity contribution in [1.29, 1.82) is 0 Å². The highest BCUT2D eigenvalue weighted by atomic mass is 35.5. The van der Waals surface area contributed by atoms with Crippen molar-refractivity contribution < 1.29 is 9.13 Å². The maximum absolute atomic E-state index is 12.7. The van der Waals surface area contributed by atoms with Gasteiger partial charge in [-0.3, -0.25) is 0 Å². The Balaban J connectivity index is 2.15. The summed E-state index contributed by atoms with van der Waals surface area (Å²) in [5.74, 6) is 0.253. The molecule has 0 atom stereocenters. The van der Waals surface area contributed by atoms with Crippen molar-refractivity contribution in [2.45, 2.75) is 18.9 Å². The molecule has 1 nitrogen and oxygen atoms in total. The molecule has 1 aromatic rings. The van der Waals surface area contributed by atoms with E-state index in [1.165, 1.54) is 12.1 Å². The van der Waals surface area contributed by atoms with E-state index in [1.54, 1.807) is 6.07 Å². The maximum Gasteiger partial charge on any atom is 0.142 e. The second-order valence-electron chi connectivity index (χ2n) is 2.89. The average Bonchev–Trinajstić information content (AvgIpc) is 2.81. The van der Waals surface area contributed by atoms with Crippen molar-refractivity contribution in [2.75, 3.05) is 0 Å². The highest BCUT2D eigenvalue weighted by Gasteiger charge is 2.23. The van der Waals surface area contributed by atoms with Crippen molar-refractivity contribution in [2.24, 2.45) is 0 Å². The van der Waals surface area contributed by atoms with E-state index in [1.807, 2.05) is 0 Å². The minimum absolute atomic E-state index is 0.119. The van der Waals surface area contributed by atoms with Gasteiger partial charge in [0.1, 0.15) is 11.6 Å². The Morgan fingerprint density at radius 3 is 2.75 bits per heavy atom. The molecular formula is C9H8ClFO. The summed E-state index contributed by atoms with van der Waals surface area (Å²) in [6, 6.07) is 4.43. The number of benzene rings is 1. The van der Waals surface area contributed by atoms with Crippen molar-refractivity contribution in [1.82, 2.24) is 0 Å². The van der Waals surface area contributed by atoms with Crippen molar-refractivity contribution in [3.8, 4) is 5.75 Å². The minimum atomic E-state index is -0.403. The standard InChI is InChI=1S/C9H8ClFO/c10-8-5-7(3-4-9(8)11)12-6-1-2-6/h3-6H,1-2H2. The monoisotopic (exact) mass is 186 g/mol. The summed E-state index contributed by atoms with van der Waals surface area (Å²) in [4.78, 5) is 0. The van der Waals surface area contributed by atoms with Crippen LogP contribution in [0.3, 0.4) is 0 Å². The molecule has 0 amide bonds. The predicted octanol–water partition coefficient (Wildman–Crippen LogP) is 3.02. The zero-order chi connectivity index (χ0) is 8.55. The lowest BCUT2D eigenvalue weighted by Gasteiger charge is -2.03. The van der Waals surface area contributed by atoms with Gasteiger partial charge in [-0.15, -0.1) is 0 Å². The lowest BCUT2D eigenvalue weighted by Crippen LogP contribution is -1.95. The molecule has 1 aliphatic rings. The van der Waals surface area contributed by atoms with Gasteiger partial charge in [-0.25, -0.2) is 4.39 Å². The first-order valence-corrected chi connectivity index (χ1v) is 4.25. The smallest absolute Gasteiger partial charge is 0.142 e. The molecule has 0 radical (unpaired) electrons. The van der Waals surface area contributed by atoms with Gasteiger partial charge >= 0.3 is 0 Å². The van der Waals surface area contributed by atoms with Crippen LogP contribution in [0.1, 0.15) is 12.8 Å². The molecule has 12 heavy (non-hydrogen) atoms. The second kappa shape index (κ2) is 2.94. The summed E-state index contributed by atoms with van der Waals surface area (Å²) in [5.41, 5.74) is 0. The fraction of sp³-hybridized carbons (Fsp3) is 0.333. The van der Waals surface area contributed by atoms with Gasteiger partial charge in [0.25, 0.3) is 0 Å². The molecule has 0 unspecified atom stereocenters. The van der Waals surface area contributed by atoms with E-state index in [4.69, 9.17) is 16.3 Å². The highest BCUT2D eigenvalue weighted by molar-refractivity contribution is 6.30.